The van der Waals surface area contributed by atoms with Crippen LogP contribution in [-0.2, 0) is 20.7 Å². The Morgan fingerprint density at radius 1 is 1.15 bits per heavy atom. The van der Waals surface area contributed by atoms with Crippen LogP contribution >= 0.6 is 12.2 Å². The second kappa shape index (κ2) is 12.0. The van der Waals surface area contributed by atoms with Crippen molar-refractivity contribution < 1.29 is 23.9 Å². The molecule has 0 aliphatic carbocycles. The zero-order chi connectivity index (χ0) is 23.6. The molecule has 1 heterocycles. The molecule has 0 radical (unpaired) electrons. The number of hydrogen-bond acceptors (Lipinski definition) is 6. The molecule has 2 aromatic carbocycles. The quantitative estimate of drug-likeness (QED) is 0.347. The van der Waals surface area contributed by atoms with Crippen LogP contribution in [0.1, 0.15) is 28.8 Å². The number of methoxy groups -OCH3 is 1. The van der Waals surface area contributed by atoms with E-state index >= 15 is 0 Å². The summed E-state index contributed by atoms with van der Waals surface area (Å²) >= 11 is 5.39. The number of aryl methyl sites for hydroxylation is 1. The topological polar surface area (TPSA) is 97.0 Å². The predicted molar refractivity (Wildman–Crippen MR) is 127 cm³/mol. The van der Waals surface area contributed by atoms with Crippen LogP contribution in [-0.4, -0.2) is 60.6 Å². The van der Waals surface area contributed by atoms with Crippen LogP contribution in [0.2, 0.25) is 0 Å². The summed E-state index contributed by atoms with van der Waals surface area (Å²) in [5.41, 5.74) is 1.49. The number of nitrogens with one attached hydrogen (secondary N) is 2. The highest BCUT2D eigenvalue weighted by atomic mass is 32.1. The van der Waals surface area contributed by atoms with Gasteiger partial charge in [-0.05, 0) is 42.8 Å². The highest BCUT2D eigenvalue weighted by molar-refractivity contribution is 7.80. The first-order chi connectivity index (χ1) is 16.0. The lowest BCUT2D eigenvalue weighted by Gasteiger charge is -2.36. The molecule has 0 spiro atoms. The molecular weight excluding hydrogens is 442 g/mol. The molecule has 0 saturated carbocycles. The second-order valence-electron chi connectivity index (χ2n) is 7.47. The lowest BCUT2D eigenvalue weighted by molar-refractivity contribution is -0.147. The standard InChI is InChI=1S/C24H27N3O5S/c1-31-20-12-6-5-11-18(20)22(29)26-24(33)27-14-13-25-23(30)19(27)16-21(28)32-15-7-10-17-8-3-2-4-9-17/h2-6,8-9,11-12,19H,7,10,13-16H2,1H3,(H,25,30)(H,26,29,33). The van der Waals surface area contributed by atoms with E-state index in [1.54, 1.807) is 29.2 Å². The van der Waals surface area contributed by atoms with Gasteiger partial charge >= 0.3 is 5.97 Å². The Kier molecular flexibility index (Phi) is 8.77. The number of carbonyl (C=O) groups is 3. The molecule has 8 nitrogen and oxygen atoms in total. The molecule has 0 bridgehead atoms. The maximum absolute atomic E-state index is 12.7. The van der Waals surface area contributed by atoms with Gasteiger partial charge in [-0.3, -0.25) is 19.7 Å². The highest BCUT2D eigenvalue weighted by Crippen LogP contribution is 2.18. The lowest BCUT2D eigenvalue weighted by Crippen LogP contribution is -2.60. The summed E-state index contributed by atoms with van der Waals surface area (Å²) in [5.74, 6) is -0.874. The first kappa shape index (κ1) is 24.2. The third-order valence-electron chi connectivity index (χ3n) is 5.24. The van der Waals surface area contributed by atoms with Gasteiger partial charge in [-0.1, -0.05) is 42.5 Å². The third-order valence-corrected chi connectivity index (χ3v) is 5.58. The van der Waals surface area contributed by atoms with Crippen LogP contribution in [0.25, 0.3) is 0 Å². The summed E-state index contributed by atoms with van der Waals surface area (Å²) in [4.78, 5) is 39.1. The van der Waals surface area contributed by atoms with Crippen molar-refractivity contribution in [3.05, 3.63) is 65.7 Å². The Bertz CT molecular complexity index is 999. The zero-order valence-corrected chi connectivity index (χ0v) is 19.2. The summed E-state index contributed by atoms with van der Waals surface area (Å²) in [6.07, 6.45) is 1.31. The van der Waals surface area contributed by atoms with Crippen molar-refractivity contribution in [2.24, 2.45) is 0 Å². The van der Waals surface area contributed by atoms with Crippen LogP contribution in [0.15, 0.2) is 54.6 Å². The predicted octanol–water partition coefficient (Wildman–Crippen LogP) is 2.08. The fraction of sp³-hybridized carbons (Fsp3) is 0.333. The Morgan fingerprint density at radius 3 is 2.64 bits per heavy atom. The first-order valence-corrected chi connectivity index (χ1v) is 11.1. The number of carbonyl (C=O) groups excluding carboxylic acids is 3. The van der Waals surface area contributed by atoms with Crippen LogP contribution in [0.5, 0.6) is 5.75 Å². The SMILES string of the molecule is COc1ccccc1C(=O)NC(=S)N1CCNC(=O)C1CC(=O)OCCCc1ccccc1. The van der Waals surface area contributed by atoms with Gasteiger partial charge in [0.1, 0.15) is 11.8 Å². The van der Waals surface area contributed by atoms with Gasteiger partial charge in [0.05, 0.1) is 25.7 Å². The van der Waals surface area contributed by atoms with Crippen LogP contribution in [0.4, 0.5) is 0 Å². The number of nitrogens with zero attached hydrogens (tertiary/aromatic N) is 1. The number of piperazine rings is 1. The Morgan fingerprint density at radius 2 is 1.88 bits per heavy atom. The van der Waals surface area contributed by atoms with E-state index < -0.39 is 17.9 Å². The maximum Gasteiger partial charge on any atom is 0.308 e. The number of thiocarbonyl (C=S) groups is 1. The average Bonchev–Trinajstić information content (AvgIpc) is 2.83. The van der Waals surface area contributed by atoms with Crippen LogP contribution in [0, 0.1) is 0 Å². The Hall–Kier alpha value is -3.46. The van der Waals surface area contributed by atoms with E-state index in [2.05, 4.69) is 10.6 Å². The largest absolute Gasteiger partial charge is 0.496 e. The molecule has 2 aromatic rings. The normalized spacial score (nSPS) is 15.4. The van der Waals surface area contributed by atoms with Gasteiger partial charge in [0.2, 0.25) is 5.91 Å². The third kappa shape index (κ3) is 6.76. The molecule has 1 aliphatic rings. The van der Waals surface area contributed by atoms with Gasteiger partial charge in [0, 0.05) is 13.1 Å². The molecule has 33 heavy (non-hydrogen) atoms. The highest BCUT2D eigenvalue weighted by Gasteiger charge is 2.34. The smallest absolute Gasteiger partial charge is 0.308 e. The van der Waals surface area contributed by atoms with Gasteiger partial charge in [-0.15, -0.1) is 0 Å². The number of benzene rings is 2. The molecule has 3 rings (SSSR count). The van der Waals surface area contributed by atoms with Crippen LogP contribution < -0.4 is 15.4 Å². The van der Waals surface area contributed by atoms with Gasteiger partial charge in [-0.25, -0.2) is 0 Å². The second-order valence-corrected chi connectivity index (χ2v) is 7.86. The van der Waals surface area contributed by atoms with Crippen molar-refractivity contribution in [2.45, 2.75) is 25.3 Å². The van der Waals surface area contributed by atoms with Crippen LogP contribution in [0.3, 0.4) is 0 Å². The van der Waals surface area contributed by atoms with Gasteiger partial charge in [0.25, 0.3) is 5.91 Å². The number of rotatable bonds is 8. The molecule has 1 atom stereocenters. The molecule has 0 aromatic heterocycles. The van der Waals surface area contributed by atoms with E-state index in [4.69, 9.17) is 21.7 Å². The first-order valence-electron chi connectivity index (χ1n) is 10.7. The van der Waals surface area contributed by atoms with Crippen molar-refractivity contribution in [1.82, 2.24) is 15.5 Å². The summed E-state index contributed by atoms with van der Waals surface area (Å²) in [6.45, 7) is 0.978. The molecule has 2 amide bonds. The van der Waals surface area contributed by atoms with Crippen molar-refractivity contribution >= 4 is 35.1 Å². The van der Waals surface area contributed by atoms with Crippen molar-refractivity contribution in [1.29, 1.82) is 0 Å². The van der Waals surface area contributed by atoms with Gasteiger partial charge in [-0.2, -0.15) is 0 Å². The lowest BCUT2D eigenvalue weighted by atomic mass is 10.1. The van der Waals surface area contributed by atoms with Gasteiger partial charge < -0.3 is 19.7 Å². The number of hydrogen-bond donors (Lipinski definition) is 2. The number of esters is 1. The molecule has 174 valence electrons. The van der Waals surface area contributed by atoms with Gasteiger partial charge in [0.15, 0.2) is 5.11 Å². The minimum atomic E-state index is -0.856. The minimum Gasteiger partial charge on any atom is -0.496 e. The summed E-state index contributed by atoms with van der Waals surface area (Å²) < 4.78 is 10.5. The number of ether oxygens (including phenoxy) is 2. The number of amides is 2. The van der Waals surface area contributed by atoms with E-state index in [1.807, 2.05) is 30.3 Å². The fourth-order valence-corrected chi connectivity index (χ4v) is 3.86. The molecule has 1 aliphatic heterocycles. The summed E-state index contributed by atoms with van der Waals surface area (Å²) in [7, 11) is 1.47. The van der Waals surface area contributed by atoms with E-state index in [1.165, 1.54) is 12.7 Å². The average molecular weight is 470 g/mol. The summed E-state index contributed by atoms with van der Waals surface area (Å²) in [5, 5.41) is 5.45. The molecule has 1 fully saturated rings. The molecular formula is C24H27N3O5S. The fourth-order valence-electron chi connectivity index (χ4n) is 3.55. The molecule has 2 N–H and O–H groups in total. The zero-order valence-electron chi connectivity index (χ0n) is 18.4. The van der Waals surface area contributed by atoms with E-state index in [9.17, 15) is 14.4 Å². The van der Waals surface area contributed by atoms with Crippen molar-refractivity contribution in [3.63, 3.8) is 0 Å². The van der Waals surface area contributed by atoms with E-state index in [0.29, 0.717) is 30.8 Å². The molecule has 1 unspecified atom stereocenters. The van der Waals surface area contributed by atoms with Crippen molar-refractivity contribution in [3.8, 4) is 5.75 Å². The van der Waals surface area contributed by atoms with E-state index in [0.717, 1.165) is 6.42 Å². The monoisotopic (exact) mass is 469 g/mol. The minimum absolute atomic E-state index is 0.0719. The number of para-hydroxylation sites is 1. The maximum atomic E-state index is 12.7. The summed E-state index contributed by atoms with van der Waals surface area (Å²) in [6, 6.07) is 15.8. The van der Waals surface area contributed by atoms with Crippen molar-refractivity contribution in [2.75, 3.05) is 26.8 Å². The van der Waals surface area contributed by atoms with E-state index in [-0.39, 0.29) is 24.0 Å². The Labute approximate surface area is 198 Å². The molecule has 9 heteroatoms. The molecule has 1 saturated heterocycles. The Balaban J connectivity index is 1.54.